The number of ether oxygens (including phenoxy) is 1. The molecular weight excluding hydrogens is 270 g/mol. The molecule has 0 bridgehead atoms. The third kappa shape index (κ3) is 2.84. The van der Waals surface area contributed by atoms with Gasteiger partial charge in [0, 0.05) is 30.9 Å². The molecule has 3 unspecified atom stereocenters. The molecule has 0 aromatic heterocycles. The van der Waals surface area contributed by atoms with E-state index in [-0.39, 0.29) is 5.60 Å². The summed E-state index contributed by atoms with van der Waals surface area (Å²) in [6.45, 7) is 4.54. The van der Waals surface area contributed by atoms with Crippen LogP contribution in [-0.2, 0) is 4.74 Å². The third-order valence-corrected chi connectivity index (χ3v) is 5.39. The molecule has 2 nitrogen and oxygen atoms in total. The van der Waals surface area contributed by atoms with Crippen LogP contribution in [0.1, 0.15) is 32.1 Å². The zero-order chi connectivity index (χ0) is 13.8. The molecule has 0 N–H and O–H groups in total. The molecular formula is C17H26ClNO. The fraction of sp³-hybridized carbons (Fsp3) is 0.765. The van der Waals surface area contributed by atoms with Crippen molar-refractivity contribution >= 4 is 11.6 Å². The summed E-state index contributed by atoms with van der Waals surface area (Å²) in [5.41, 5.74) is -0.0295. The average molecular weight is 296 g/mol. The van der Waals surface area contributed by atoms with Crippen molar-refractivity contribution in [3.8, 4) is 0 Å². The topological polar surface area (TPSA) is 12.5 Å². The Morgan fingerprint density at radius 1 is 1.20 bits per heavy atom. The Hall–Kier alpha value is -0.310. The largest absolute Gasteiger partial charge is 0.370 e. The lowest BCUT2D eigenvalue weighted by molar-refractivity contribution is -0.150. The van der Waals surface area contributed by atoms with Crippen molar-refractivity contribution in [2.24, 2.45) is 11.8 Å². The van der Waals surface area contributed by atoms with Crippen molar-refractivity contribution in [3.63, 3.8) is 0 Å². The highest BCUT2D eigenvalue weighted by Gasteiger charge is 2.54. The Balaban J connectivity index is 1.61. The van der Waals surface area contributed by atoms with Crippen molar-refractivity contribution in [2.45, 2.75) is 37.7 Å². The SMILES string of the molecule is ClCCCOC12C=CC=CC1CC2CN1CCCCC1. The molecule has 20 heavy (non-hydrogen) atoms. The molecule has 1 heterocycles. The maximum atomic E-state index is 6.31. The first kappa shape index (κ1) is 14.6. The van der Waals surface area contributed by atoms with Crippen LogP contribution in [0.3, 0.4) is 0 Å². The minimum absolute atomic E-state index is 0.0295. The van der Waals surface area contributed by atoms with Gasteiger partial charge in [-0.3, -0.25) is 0 Å². The lowest BCUT2D eigenvalue weighted by atomic mass is 9.59. The standard InChI is InChI=1S/C17H26ClNO/c18-9-6-12-20-17-8-3-2-7-15(17)13-16(17)14-19-10-4-1-5-11-19/h2-3,7-8,15-16H,1,4-6,9-14H2. The number of nitrogens with zero attached hydrogens (tertiary/aromatic N) is 1. The summed E-state index contributed by atoms with van der Waals surface area (Å²) >= 11 is 5.79. The average Bonchev–Trinajstić information content (AvgIpc) is 2.48. The highest BCUT2D eigenvalue weighted by atomic mass is 35.5. The van der Waals surface area contributed by atoms with E-state index in [0.29, 0.717) is 17.7 Å². The molecule has 1 saturated heterocycles. The Bertz CT molecular complexity index is 375. The number of hydrogen-bond acceptors (Lipinski definition) is 2. The number of allylic oxidation sites excluding steroid dienone is 2. The van der Waals surface area contributed by atoms with Crippen LogP contribution in [0.15, 0.2) is 24.3 Å². The van der Waals surface area contributed by atoms with Crippen LogP contribution in [0.5, 0.6) is 0 Å². The fourth-order valence-corrected chi connectivity index (χ4v) is 4.07. The quantitative estimate of drug-likeness (QED) is 0.548. The maximum Gasteiger partial charge on any atom is 0.0968 e. The van der Waals surface area contributed by atoms with Crippen LogP contribution >= 0.6 is 11.6 Å². The summed E-state index contributed by atoms with van der Waals surface area (Å²) in [7, 11) is 0. The first-order chi connectivity index (χ1) is 9.85. The summed E-state index contributed by atoms with van der Waals surface area (Å²) in [6.07, 6.45) is 15.3. The Labute approximate surface area is 127 Å². The molecule has 2 aliphatic carbocycles. The first-order valence-corrected chi connectivity index (χ1v) is 8.67. The number of fused-ring (bicyclic) bond motifs is 1. The van der Waals surface area contributed by atoms with Gasteiger partial charge in [-0.05, 0) is 38.8 Å². The first-order valence-electron chi connectivity index (χ1n) is 8.13. The van der Waals surface area contributed by atoms with E-state index in [2.05, 4.69) is 29.2 Å². The van der Waals surface area contributed by atoms with Crippen LogP contribution in [-0.4, -0.2) is 42.6 Å². The van der Waals surface area contributed by atoms with Gasteiger partial charge in [0.15, 0.2) is 0 Å². The van der Waals surface area contributed by atoms with Gasteiger partial charge in [0.05, 0.1) is 5.60 Å². The van der Waals surface area contributed by atoms with Gasteiger partial charge in [-0.2, -0.15) is 0 Å². The summed E-state index contributed by atoms with van der Waals surface area (Å²) < 4.78 is 6.31. The predicted molar refractivity (Wildman–Crippen MR) is 84.2 cm³/mol. The van der Waals surface area contributed by atoms with Crippen molar-refractivity contribution < 1.29 is 4.74 Å². The smallest absolute Gasteiger partial charge is 0.0968 e. The van der Waals surface area contributed by atoms with Crippen LogP contribution in [0, 0.1) is 11.8 Å². The van der Waals surface area contributed by atoms with Gasteiger partial charge in [0.1, 0.15) is 0 Å². The summed E-state index contributed by atoms with van der Waals surface area (Å²) in [5, 5.41) is 0. The molecule has 112 valence electrons. The van der Waals surface area contributed by atoms with Gasteiger partial charge in [0.25, 0.3) is 0 Å². The lowest BCUT2D eigenvalue weighted by Gasteiger charge is -2.55. The van der Waals surface area contributed by atoms with Gasteiger partial charge in [0.2, 0.25) is 0 Å². The van der Waals surface area contributed by atoms with Crippen LogP contribution in [0.2, 0.25) is 0 Å². The molecule has 0 radical (unpaired) electrons. The fourth-order valence-electron chi connectivity index (χ4n) is 3.96. The van der Waals surface area contributed by atoms with Gasteiger partial charge < -0.3 is 9.64 Å². The van der Waals surface area contributed by atoms with Gasteiger partial charge in [-0.1, -0.05) is 30.7 Å². The molecule has 1 saturated carbocycles. The summed E-state index contributed by atoms with van der Waals surface area (Å²) in [4.78, 5) is 2.64. The zero-order valence-corrected chi connectivity index (χ0v) is 13.0. The maximum absolute atomic E-state index is 6.31. The van der Waals surface area contributed by atoms with Crippen LogP contribution in [0.4, 0.5) is 0 Å². The van der Waals surface area contributed by atoms with Gasteiger partial charge >= 0.3 is 0 Å². The van der Waals surface area contributed by atoms with Crippen molar-refractivity contribution in [3.05, 3.63) is 24.3 Å². The van der Waals surface area contributed by atoms with Crippen molar-refractivity contribution in [2.75, 3.05) is 32.1 Å². The molecule has 1 aliphatic heterocycles. The molecule has 0 aromatic rings. The van der Waals surface area contributed by atoms with E-state index in [1.165, 1.54) is 45.3 Å². The monoisotopic (exact) mass is 295 g/mol. The second kappa shape index (κ2) is 6.64. The van der Waals surface area contributed by atoms with Gasteiger partial charge in [-0.25, -0.2) is 0 Å². The van der Waals surface area contributed by atoms with Crippen molar-refractivity contribution in [1.82, 2.24) is 4.90 Å². The molecule has 0 spiro atoms. The van der Waals surface area contributed by atoms with E-state index in [4.69, 9.17) is 16.3 Å². The Morgan fingerprint density at radius 2 is 2.05 bits per heavy atom. The molecule has 3 rings (SSSR count). The van der Waals surface area contributed by atoms with Crippen LogP contribution in [0.25, 0.3) is 0 Å². The summed E-state index contributed by atoms with van der Waals surface area (Å²) in [5.74, 6) is 1.93. The molecule has 3 heteroatoms. The molecule has 0 aromatic carbocycles. The van der Waals surface area contributed by atoms with Crippen molar-refractivity contribution in [1.29, 1.82) is 0 Å². The van der Waals surface area contributed by atoms with E-state index < -0.39 is 0 Å². The molecule has 2 fully saturated rings. The highest BCUT2D eigenvalue weighted by molar-refractivity contribution is 6.17. The Kier molecular flexibility index (Phi) is 4.85. The normalized spacial score (nSPS) is 36.6. The number of piperidine rings is 1. The number of likely N-dealkylation sites (tertiary alicyclic amines) is 1. The van der Waals surface area contributed by atoms with Crippen LogP contribution < -0.4 is 0 Å². The summed E-state index contributed by atoms with van der Waals surface area (Å²) in [6, 6.07) is 0. The van der Waals surface area contributed by atoms with E-state index in [1.807, 2.05) is 0 Å². The van der Waals surface area contributed by atoms with E-state index in [1.54, 1.807) is 0 Å². The second-order valence-electron chi connectivity index (χ2n) is 6.39. The molecule has 3 atom stereocenters. The number of rotatable bonds is 6. The van der Waals surface area contributed by atoms with E-state index in [9.17, 15) is 0 Å². The molecule has 3 aliphatic rings. The lowest BCUT2D eigenvalue weighted by Crippen LogP contribution is -2.60. The minimum Gasteiger partial charge on any atom is -0.370 e. The predicted octanol–water partition coefficient (Wildman–Crippen LogP) is 3.62. The number of alkyl halides is 1. The van der Waals surface area contributed by atoms with E-state index in [0.717, 1.165) is 13.0 Å². The second-order valence-corrected chi connectivity index (χ2v) is 6.77. The third-order valence-electron chi connectivity index (χ3n) is 5.12. The highest BCUT2D eigenvalue weighted by Crippen LogP contribution is 2.51. The number of halogens is 1. The molecule has 0 amide bonds. The zero-order valence-electron chi connectivity index (χ0n) is 12.3. The Morgan fingerprint density at radius 3 is 2.80 bits per heavy atom. The van der Waals surface area contributed by atoms with Gasteiger partial charge in [-0.15, -0.1) is 11.6 Å². The minimum atomic E-state index is -0.0295. The van der Waals surface area contributed by atoms with E-state index >= 15 is 0 Å². The number of hydrogen-bond donors (Lipinski definition) is 0.